The highest BCUT2D eigenvalue weighted by Gasteiger charge is 2.52. The number of rotatable bonds is 3. The first-order chi connectivity index (χ1) is 4.52. The molecule has 0 spiro atoms. The van der Waals surface area contributed by atoms with Gasteiger partial charge in [-0.25, -0.2) is 8.42 Å². The smallest absolute Gasteiger partial charge is 0.212 e. The van der Waals surface area contributed by atoms with Gasteiger partial charge in [0.05, 0.1) is 4.75 Å². The summed E-state index contributed by atoms with van der Waals surface area (Å²) in [6.45, 7) is 1.97. The van der Waals surface area contributed by atoms with E-state index in [1.165, 1.54) is 0 Å². The zero-order valence-electron chi connectivity index (χ0n) is 5.93. The fourth-order valence-corrected chi connectivity index (χ4v) is 2.94. The van der Waals surface area contributed by atoms with Gasteiger partial charge in [-0.2, -0.15) is 0 Å². The van der Waals surface area contributed by atoms with Crippen molar-refractivity contribution in [2.24, 2.45) is 0 Å². The molecule has 0 saturated heterocycles. The molecule has 1 aliphatic carbocycles. The van der Waals surface area contributed by atoms with Crippen molar-refractivity contribution >= 4 is 19.7 Å². The number of halogens is 1. The highest BCUT2D eigenvalue weighted by Crippen LogP contribution is 2.48. The van der Waals surface area contributed by atoms with Crippen LogP contribution in [0.1, 0.15) is 32.6 Å². The molecule has 0 bridgehead atoms. The van der Waals surface area contributed by atoms with Crippen LogP contribution in [0, 0.1) is 0 Å². The molecule has 0 radical (unpaired) electrons. The van der Waals surface area contributed by atoms with Crippen LogP contribution < -0.4 is 0 Å². The molecule has 0 aromatic rings. The summed E-state index contributed by atoms with van der Waals surface area (Å²) >= 11 is 0. The van der Waals surface area contributed by atoms with Crippen molar-refractivity contribution < 1.29 is 8.42 Å². The van der Waals surface area contributed by atoms with E-state index in [4.69, 9.17) is 10.7 Å². The van der Waals surface area contributed by atoms with E-state index in [1.807, 2.05) is 6.92 Å². The van der Waals surface area contributed by atoms with Gasteiger partial charge in [0.2, 0.25) is 9.05 Å². The molecule has 1 saturated carbocycles. The predicted octanol–water partition coefficient (Wildman–Crippen LogP) is 1.89. The molecule has 0 aliphatic heterocycles. The zero-order valence-corrected chi connectivity index (χ0v) is 7.50. The SMILES string of the molecule is CCCC1(S(=O)(=O)Cl)CC1. The first kappa shape index (κ1) is 8.34. The summed E-state index contributed by atoms with van der Waals surface area (Å²) in [5.74, 6) is 0. The van der Waals surface area contributed by atoms with E-state index in [1.54, 1.807) is 0 Å². The van der Waals surface area contributed by atoms with E-state index in [0.29, 0.717) is 0 Å². The highest BCUT2D eigenvalue weighted by molar-refractivity contribution is 8.15. The van der Waals surface area contributed by atoms with Gasteiger partial charge in [-0.15, -0.1) is 0 Å². The zero-order chi connectivity index (χ0) is 7.83. The molecule has 0 amide bonds. The van der Waals surface area contributed by atoms with E-state index >= 15 is 0 Å². The van der Waals surface area contributed by atoms with Gasteiger partial charge in [0, 0.05) is 10.7 Å². The summed E-state index contributed by atoms with van der Waals surface area (Å²) in [6.07, 6.45) is 3.13. The molecule has 0 aromatic carbocycles. The van der Waals surface area contributed by atoms with Gasteiger partial charge in [-0.3, -0.25) is 0 Å². The van der Waals surface area contributed by atoms with E-state index in [0.717, 1.165) is 25.7 Å². The summed E-state index contributed by atoms with van der Waals surface area (Å²) in [7, 11) is 1.96. The van der Waals surface area contributed by atoms with Gasteiger partial charge in [-0.1, -0.05) is 13.3 Å². The van der Waals surface area contributed by atoms with Crippen LogP contribution in [-0.4, -0.2) is 13.2 Å². The second-order valence-electron chi connectivity index (χ2n) is 2.87. The van der Waals surface area contributed by atoms with Gasteiger partial charge in [-0.05, 0) is 19.3 Å². The topological polar surface area (TPSA) is 34.1 Å². The summed E-state index contributed by atoms with van der Waals surface area (Å²) in [5, 5.41) is 0. The molecular formula is C6H11ClO2S. The molecule has 4 heteroatoms. The Labute approximate surface area is 66.0 Å². The predicted molar refractivity (Wildman–Crippen MR) is 41.6 cm³/mol. The Morgan fingerprint density at radius 1 is 1.50 bits per heavy atom. The van der Waals surface area contributed by atoms with Crippen LogP contribution >= 0.6 is 10.7 Å². The van der Waals surface area contributed by atoms with Gasteiger partial charge in [0.1, 0.15) is 0 Å². The number of hydrogen-bond acceptors (Lipinski definition) is 2. The molecule has 1 aliphatic rings. The molecule has 0 atom stereocenters. The fraction of sp³-hybridized carbons (Fsp3) is 1.00. The van der Waals surface area contributed by atoms with Crippen LogP contribution in [-0.2, 0) is 9.05 Å². The third-order valence-electron chi connectivity index (χ3n) is 2.03. The molecule has 0 unspecified atom stereocenters. The van der Waals surface area contributed by atoms with Crippen LogP contribution in [0.2, 0.25) is 0 Å². The second kappa shape index (κ2) is 2.38. The largest absolute Gasteiger partial charge is 0.238 e. The van der Waals surface area contributed by atoms with Crippen molar-refractivity contribution in [3.05, 3.63) is 0 Å². The lowest BCUT2D eigenvalue weighted by Gasteiger charge is -2.07. The van der Waals surface area contributed by atoms with Crippen LogP contribution in [0.5, 0.6) is 0 Å². The quantitative estimate of drug-likeness (QED) is 0.625. The molecule has 0 aromatic heterocycles. The average Bonchev–Trinajstić information content (AvgIpc) is 2.45. The Morgan fingerprint density at radius 2 is 2.00 bits per heavy atom. The van der Waals surface area contributed by atoms with Gasteiger partial charge in [0.25, 0.3) is 0 Å². The Bertz CT molecular complexity index is 216. The maximum absolute atomic E-state index is 10.9. The Hall–Kier alpha value is 0.240. The molecule has 10 heavy (non-hydrogen) atoms. The van der Waals surface area contributed by atoms with Gasteiger partial charge in [0.15, 0.2) is 0 Å². The van der Waals surface area contributed by atoms with Crippen LogP contribution in [0.25, 0.3) is 0 Å². The minimum absolute atomic E-state index is 0.524. The second-order valence-corrected chi connectivity index (χ2v) is 5.83. The third kappa shape index (κ3) is 1.30. The Kier molecular flexibility index (Phi) is 1.98. The van der Waals surface area contributed by atoms with Crippen molar-refractivity contribution in [2.75, 3.05) is 0 Å². The molecular weight excluding hydrogens is 172 g/mol. The van der Waals surface area contributed by atoms with Crippen molar-refractivity contribution in [3.63, 3.8) is 0 Å². The van der Waals surface area contributed by atoms with Crippen molar-refractivity contribution in [3.8, 4) is 0 Å². The third-order valence-corrected chi connectivity index (χ3v) is 4.66. The molecule has 1 fully saturated rings. The van der Waals surface area contributed by atoms with E-state index in [-0.39, 0.29) is 0 Å². The monoisotopic (exact) mass is 182 g/mol. The molecule has 2 nitrogen and oxygen atoms in total. The standard InChI is InChI=1S/C6H11ClO2S/c1-2-3-6(4-5-6)10(7,8)9/h2-5H2,1H3. The first-order valence-electron chi connectivity index (χ1n) is 3.46. The molecule has 1 rings (SSSR count). The Balaban J connectivity index is 2.71. The lowest BCUT2D eigenvalue weighted by Crippen LogP contribution is -2.16. The fourth-order valence-electron chi connectivity index (χ4n) is 1.21. The normalized spacial score (nSPS) is 22.6. The van der Waals surface area contributed by atoms with E-state index in [9.17, 15) is 8.42 Å². The summed E-state index contributed by atoms with van der Waals surface area (Å²) in [5.41, 5.74) is 0. The average molecular weight is 183 g/mol. The lowest BCUT2D eigenvalue weighted by molar-refractivity contribution is 0.580. The van der Waals surface area contributed by atoms with E-state index in [2.05, 4.69) is 0 Å². The summed E-state index contributed by atoms with van der Waals surface area (Å²) < 4.78 is 21.2. The van der Waals surface area contributed by atoms with Crippen LogP contribution in [0.15, 0.2) is 0 Å². The minimum atomic E-state index is -3.28. The lowest BCUT2D eigenvalue weighted by atomic mass is 10.2. The minimum Gasteiger partial charge on any atom is -0.212 e. The molecule has 0 heterocycles. The van der Waals surface area contributed by atoms with Crippen molar-refractivity contribution in [1.29, 1.82) is 0 Å². The van der Waals surface area contributed by atoms with Crippen LogP contribution in [0.4, 0.5) is 0 Å². The maximum atomic E-state index is 10.9. The summed E-state index contributed by atoms with van der Waals surface area (Å²) in [6, 6.07) is 0. The molecule has 60 valence electrons. The summed E-state index contributed by atoms with van der Waals surface area (Å²) in [4.78, 5) is 0. The molecule has 0 N–H and O–H groups in total. The first-order valence-corrected chi connectivity index (χ1v) is 5.77. The highest BCUT2D eigenvalue weighted by atomic mass is 35.7. The number of hydrogen-bond donors (Lipinski definition) is 0. The van der Waals surface area contributed by atoms with Crippen molar-refractivity contribution in [2.45, 2.75) is 37.4 Å². The van der Waals surface area contributed by atoms with Crippen molar-refractivity contribution in [1.82, 2.24) is 0 Å². The van der Waals surface area contributed by atoms with Crippen LogP contribution in [0.3, 0.4) is 0 Å². The Morgan fingerprint density at radius 3 is 2.10 bits per heavy atom. The van der Waals surface area contributed by atoms with Gasteiger partial charge >= 0.3 is 0 Å². The maximum Gasteiger partial charge on any atom is 0.238 e. The van der Waals surface area contributed by atoms with E-state index < -0.39 is 13.8 Å². The van der Waals surface area contributed by atoms with Gasteiger partial charge < -0.3 is 0 Å².